The Labute approximate surface area is 142 Å². The van der Waals surface area contributed by atoms with Crippen molar-refractivity contribution in [2.75, 3.05) is 18.0 Å². The van der Waals surface area contributed by atoms with Crippen LogP contribution in [0.5, 0.6) is 0 Å². The molecule has 1 N–H and O–H groups in total. The molecule has 5 nitrogen and oxygen atoms in total. The van der Waals surface area contributed by atoms with Crippen molar-refractivity contribution in [3.8, 4) is 0 Å². The highest BCUT2D eigenvalue weighted by molar-refractivity contribution is 5.68. The van der Waals surface area contributed by atoms with Gasteiger partial charge in [-0.3, -0.25) is 4.98 Å². The van der Waals surface area contributed by atoms with Crippen molar-refractivity contribution in [2.24, 2.45) is 11.8 Å². The van der Waals surface area contributed by atoms with E-state index in [1.54, 1.807) is 6.07 Å². The highest BCUT2D eigenvalue weighted by Crippen LogP contribution is 2.39. The monoisotopic (exact) mass is 335 g/mol. The summed E-state index contributed by atoms with van der Waals surface area (Å²) in [6, 6.07) is 1.92. The maximum atomic E-state index is 14.1. The summed E-state index contributed by atoms with van der Waals surface area (Å²) in [7, 11) is 0. The van der Waals surface area contributed by atoms with Crippen molar-refractivity contribution in [3.63, 3.8) is 0 Å². The number of pyridine rings is 1. The Morgan fingerprint density at radius 1 is 1.33 bits per heavy atom. The lowest BCUT2D eigenvalue weighted by atomic mass is 9.92. The van der Waals surface area contributed by atoms with E-state index in [0.717, 1.165) is 31.6 Å². The standard InChI is InChI=1S/C18H26FN3O2/c1-11-7-15(14(19)8-20-11)22-9-12-5-6-13(10-22)16(12)21-17(23)24-18(2,3)4/h7-8,12-13,16H,5-6,9-10H2,1-4H3,(H,21,23)/t12-,13+,16?. The highest BCUT2D eigenvalue weighted by Gasteiger charge is 2.43. The Balaban J connectivity index is 1.68. The zero-order valence-corrected chi connectivity index (χ0v) is 14.8. The molecule has 2 heterocycles. The summed E-state index contributed by atoms with van der Waals surface area (Å²) in [5.74, 6) is 0.367. The lowest BCUT2D eigenvalue weighted by Gasteiger charge is -2.39. The van der Waals surface area contributed by atoms with Crippen LogP contribution < -0.4 is 10.2 Å². The fraction of sp³-hybridized carbons (Fsp3) is 0.667. The van der Waals surface area contributed by atoms with E-state index in [1.165, 1.54) is 6.20 Å². The van der Waals surface area contributed by atoms with Crippen LogP contribution in [0.15, 0.2) is 12.3 Å². The zero-order chi connectivity index (χ0) is 17.5. The minimum Gasteiger partial charge on any atom is -0.444 e. The minimum atomic E-state index is -0.498. The molecule has 2 fully saturated rings. The first-order chi connectivity index (χ1) is 11.2. The summed E-state index contributed by atoms with van der Waals surface area (Å²) in [4.78, 5) is 18.2. The number of amides is 1. The van der Waals surface area contributed by atoms with Crippen LogP contribution >= 0.6 is 0 Å². The number of piperidine rings is 1. The first-order valence-corrected chi connectivity index (χ1v) is 8.59. The fourth-order valence-electron chi connectivity index (χ4n) is 3.87. The second-order valence-corrected chi connectivity index (χ2v) is 7.95. The molecule has 1 aromatic rings. The van der Waals surface area contributed by atoms with Crippen LogP contribution in [0.4, 0.5) is 14.9 Å². The van der Waals surface area contributed by atoms with Gasteiger partial charge in [-0.1, -0.05) is 0 Å². The van der Waals surface area contributed by atoms with E-state index >= 15 is 0 Å². The number of aryl methyl sites for hydroxylation is 1. The van der Waals surface area contributed by atoms with Crippen LogP contribution in [0.25, 0.3) is 0 Å². The molecular formula is C18H26FN3O2. The van der Waals surface area contributed by atoms with Gasteiger partial charge in [0.1, 0.15) is 5.60 Å². The second-order valence-electron chi connectivity index (χ2n) is 7.95. The molecule has 2 aliphatic rings. The van der Waals surface area contributed by atoms with Crippen LogP contribution in [0.3, 0.4) is 0 Å². The third kappa shape index (κ3) is 3.62. The SMILES string of the molecule is Cc1cc(N2C[C@H]3CC[C@@H](C2)C3NC(=O)OC(C)(C)C)c(F)cn1. The van der Waals surface area contributed by atoms with E-state index in [-0.39, 0.29) is 18.0 Å². The van der Waals surface area contributed by atoms with Crippen molar-refractivity contribution in [1.82, 2.24) is 10.3 Å². The maximum Gasteiger partial charge on any atom is 0.407 e. The van der Waals surface area contributed by atoms with Crippen LogP contribution in [-0.2, 0) is 4.74 Å². The summed E-state index contributed by atoms with van der Waals surface area (Å²) in [6.07, 6.45) is 3.03. The van der Waals surface area contributed by atoms with E-state index in [2.05, 4.69) is 15.2 Å². The predicted octanol–water partition coefficient (Wildman–Crippen LogP) is 3.27. The first kappa shape index (κ1) is 17.0. The molecule has 1 unspecified atom stereocenters. The topological polar surface area (TPSA) is 54.5 Å². The van der Waals surface area contributed by atoms with E-state index < -0.39 is 5.60 Å². The van der Waals surface area contributed by atoms with Gasteiger partial charge in [-0.15, -0.1) is 0 Å². The Hall–Kier alpha value is -1.85. The van der Waals surface area contributed by atoms with Crippen molar-refractivity contribution < 1.29 is 13.9 Å². The molecule has 3 atom stereocenters. The third-order valence-corrected chi connectivity index (χ3v) is 4.83. The number of carbonyl (C=O) groups excluding carboxylic acids is 1. The van der Waals surface area contributed by atoms with Gasteiger partial charge in [0.25, 0.3) is 0 Å². The number of aromatic nitrogens is 1. The molecule has 1 aliphatic carbocycles. The fourth-order valence-corrected chi connectivity index (χ4v) is 3.87. The molecule has 3 rings (SSSR count). The van der Waals surface area contributed by atoms with Gasteiger partial charge in [0.2, 0.25) is 0 Å². The number of hydrogen-bond donors (Lipinski definition) is 1. The molecule has 132 valence electrons. The van der Waals surface area contributed by atoms with Crippen LogP contribution in [0, 0.1) is 24.6 Å². The molecule has 1 aromatic heterocycles. The number of rotatable bonds is 2. The highest BCUT2D eigenvalue weighted by atomic mass is 19.1. The van der Waals surface area contributed by atoms with Gasteiger partial charge in [-0.05, 0) is 58.4 Å². The van der Waals surface area contributed by atoms with Gasteiger partial charge in [0, 0.05) is 24.8 Å². The predicted molar refractivity (Wildman–Crippen MR) is 90.5 cm³/mol. The number of alkyl carbamates (subject to hydrolysis) is 1. The van der Waals surface area contributed by atoms with Gasteiger partial charge < -0.3 is 15.0 Å². The average Bonchev–Trinajstić information content (AvgIpc) is 2.70. The lowest BCUT2D eigenvalue weighted by Crippen LogP contribution is -2.53. The molecule has 1 saturated carbocycles. The molecule has 6 heteroatoms. The Kier molecular flexibility index (Phi) is 4.40. The Bertz CT molecular complexity index is 615. The smallest absolute Gasteiger partial charge is 0.407 e. The molecule has 24 heavy (non-hydrogen) atoms. The summed E-state index contributed by atoms with van der Waals surface area (Å²) < 4.78 is 19.5. The normalized spacial score (nSPS) is 26.4. The number of nitrogens with zero attached hydrogens (tertiary/aromatic N) is 2. The lowest BCUT2D eigenvalue weighted by molar-refractivity contribution is 0.0472. The van der Waals surface area contributed by atoms with Crippen LogP contribution in [0.1, 0.15) is 39.3 Å². The molecule has 1 aliphatic heterocycles. The summed E-state index contributed by atoms with van der Waals surface area (Å²) >= 11 is 0. The number of fused-ring (bicyclic) bond motifs is 2. The van der Waals surface area contributed by atoms with E-state index in [9.17, 15) is 9.18 Å². The number of carbonyl (C=O) groups is 1. The Morgan fingerprint density at radius 2 is 1.96 bits per heavy atom. The molecule has 1 amide bonds. The molecule has 2 bridgehead atoms. The average molecular weight is 335 g/mol. The maximum absolute atomic E-state index is 14.1. The molecule has 0 aromatic carbocycles. The number of anilines is 1. The van der Waals surface area contributed by atoms with E-state index in [1.807, 2.05) is 27.7 Å². The van der Waals surface area contributed by atoms with Gasteiger partial charge in [0.05, 0.1) is 11.9 Å². The minimum absolute atomic E-state index is 0.113. The number of halogens is 1. The molecule has 0 radical (unpaired) electrons. The molecule has 0 spiro atoms. The molecular weight excluding hydrogens is 309 g/mol. The summed E-state index contributed by atoms with van der Waals surface area (Å²) in [5.41, 5.74) is 0.935. The first-order valence-electron chi connectivity index (χ1n) is 8.59. The number of ether oxygens (including phenoxy) is 1. The second kappa shape index (κ2) is 6.22. The quantitative estimate of drug-likeness (QED) is 0.901. The molecule has 1 saturated heterocycles. The van der Waals surface area contributed by atoms with Crippen molar-refractivity contribution >= 4 is 11.8 Å². The van der Waals surface area contributed by atoms with Crippen molar-refractivity contribution in [3.05, 3.63) is 23.8 Å². The van der Waals surface area contributed by atoms with Crippen molar-refractivity contribution in [2.45, 2.75) is 52.2 Å². The van der Waals surface area contributed by atoms with E-state index in [0.29, 0.717) is 17.5 Å². The van der Waals surface area contributed by atoms with Crippen LogP contribution in [0.2, 0.25) is 0 Å². The number of hydrogen-bond acceptors (Lipinski definition) is 4. The van der Waals surface area contributed by atoms with Crippen molar-refractivity contribution in [1.29, 1.82) is 0 Å². The Morgan fingerprint density at radius 3 is 2.54 bits per heavy atom. The van der Waals surface area contributed by atoms with Gasteiger partial charge in [0.15, 0.2) is 5.82 Å². The number of nitrogens with one attached hydrogen (secondary N) is 1. The summed E-state index contributed by atoms with van der Waals surface area (Å²) in [5, 5.41) is 3.04. The largest absolute Gasteiger partial charge is 0.444 e. The van der Waals surface area contributed by atoms with Gasteiger partial charge >= 0.3 is 6.09 Å². The third-order valence-electron chi connectivity index (χ3n) is 4.83. The summed E-state index contributed by atoms with van der Waals surface area (Å²) in [6.45, 7) is 8.94. The van der Waals surface area contributed by atoms with Crippen LogP contribution in [-0.4, -0.2) is 35.8 Å². The van der Waals surface area contributed by atoms with E-state index in [4.69, 9.17) is 4.74 Å². The van der Waals surface area contributed by atoms with Gasteiger partial charge in [-0.25, -0.2) is 9.18 Å². The zero-order valence-electron chi connectivity index (χ0n) is 14.8. The van der Waals surface area contributed by atoms with Gasteiger partial charge in [-0.2, -0.15) is 0 Å².